The lowest BCUT2D eigenvalue weighted by molar-refractivity contribution is -0.858. The molecule has 0 aliphatic rings. The Morgan fingerprint density at radius 2 is 1.72 bits per heavy atom. The number of esters is 1. The Hall–Kier alpha value is -2.30. The predicted molar refractivity (Wildman–Crippen MR) is 95.4 cm³/mol. The van der Waals surface area contributed by atoms with Crippen molar-refractivity contribution in [1.29, 1.82) is 0 Å². The van der Waals surface area contributed by atoms with E-state index in [-0.39, 0.29) is 18.4 Å². The van der Waals surface area contributed by atoms with Crippen molar-refractivity contribution in [2.45, 2.75) is 6.54 Å². The number of hydrogen-bond donors (Lipinski definition) is 1. The molecule has 1 aromatic heterocycles. The molecule has 1 heterocycles. The van der Waals surface area contributed by atoms with Gasteiger partial charge in [-0.05, 0) is 17.7 Å². The Balaban J connectivity index is 0.00000225. The van der Waals surface area contributed by atoms with Crippen LogP contribution in [0.2, 0.25) is 0 Å². The van der Waals surface area contributed by atoms with Gasteiger partial charge < -0.3 is 26.6 Å². The minimum atomic E-state index is -0.261. The van der Waals surface area contributed by atoms with Gasteiger partial charge in [0.2, 0.25) is 0 Å². The number of carbonyl (C=O) groups is 1. The number of quaternary nitrogens is 1. The van der Waals surface area contributed by atoms with Crippen molar-refractivity contribution in [1.82, 2.24) is 4.57 Å². The second-order valence-electron chi connectivity index (χ2n) is 6.25. The number of nitrogens with one attached hydrogen (secondary N) is 1. The highest BCUT2D eigenvalue weighted by Gasteiger charge is 2.17. The van der Waals surface area contributed by atoms with Crippen molar-refractivity contribution in [2.75, 3.05) is 27.2 Å². The van der Waals surface area contributed by atoms with E-state index in [1.807, 2.05) is 67.2 Å². The number of hydrogen-bond acceptors (Lipinski definition) is 2. The molecule has 1 N–H and O–H groups in total. The van der Waals surface area contributed by atoms with Gasteiger partial charge in [0.1, 0.15) is 18.8 Å². The highest BCUT2D eigenvalue weighted by atomic mass is 35.5. The SMILES string of the molecule is C[NH+](C)CCOC(=O)c1cc2ccccc2n1Cc1ccccc1.[Cl-]. The average molecular weight is 359 g/mol. The lowest BCUT2D eigenvalue weighted by atomic mass is 10.2. The van der Waals surface area contributed by atoms with Crippen LogP contribution in [-0.2, 0) is 11.3 Å². The van der Waals surface area contributed by atoms with Crippen LogP contribution in [0, 0.1) is 0 Å². The maximum atomic E-state index is 12.6. The van der Waals surface area contributed by atoms with E-state index in [1.165, 1.54) is 4.90 Å². The van der Waals surface area contributed by atoms with E-state index in [2.05, 4.69) is 12.1 Å². The van der Waals surface area contributed by atoms with E-state index in [1.54, 1.807) is 0 Å². The van der Waals surface area contributed by atoms with Crippen molar-refractivity contribution in [3.63, 3.8) is 0 Å². The Labute approximate surface area is 154 Å². The summed E-state index contributed by atoms with van der Waals surface area (Å²) in [5.41, 5.74) is 2.81. The lowest BCUT2D eigenvalue weighted by Gasteiger charge is -2.12. The first-order valence-corrected chi connectivity index (χ1v) is 8.23. The van der Waals surface area contributed by atoms with Gasteiger partial charge in [0.15, 0.2) is 0 Å². The largest absolute Gasteiger partial charge is 1.00 e. The van der Waals surface area contributed by atoms with Crippen LogP contribution < -0.4 is 17.3 Å². The molecular weight excluding hydrogens is 336 g/mol. The zero-order valence-corrected chi connectivity index (χ0v) is 15.3. The summed E-state index contributed by atoms with van der Waals surface area (Å²) in [6.45, 7) is 1.87. The van der Waals surface area contributed by atoms with Crippen molar-refractivity contribution in [3.8, 4) is 0 Å². The molecule has 0 fully saturated rings. The normalized spacial score (nSPS) is 10.7. The van der Waals surface area contributed by atoms with E-state index < -0.39 is 0 Å². The molecule has 0 saturated heterocycles. The van der Waals surface area contributed by atoms with Crippen LogP contribution in [0.3, 0.4) is 0 Å². The molecule has 3 aromatic rings. The van der Waals surface area contributed by atoms with Crippen molar-refractivity contribution in [2.24, 2.45) is 0 Å². The first kappa shape index (κ1) is 19.0. The topological polar surface area (TPSA) is 35.7 Å². The third-order valence-electron chi connectivity index (χ3n) is 4.04. The van der Waals surface area contributed by atoms with E-state index in [4.69, 9.17) is 4.74 Å². The molecule has 0 bridgehead atoms. The van der Waals surface area contributed by atoms with Gasteiger partial charge in [-0.3, -0.25) is 0 Å². The number of para-hydroxylation sites is 1. The number of halogens is 1. The van der Waals surface area contributed by atoms with Gasteiger partial charge in [0.05, 0.1) is 14.1 Å². The first-order valence-electron chi connectivity index (χ1n) is 8.23. The molecular formula is C20H23ClN2O2. The molecule has 0 spiro atoms. The van der Waals surface area contributed by atoms with Crippen molar-refractivity contribution in [3.05, 3.63) is 71.9 Å². The van der Waals surface area contributed by atoms with Crippen LogP contribution in [0.1, 0.15) is 16.1 Å². The molecule has 0 unspecified atom stereocenters. The summed E-state index contributed by atoms with van der Waals surface area (Å²) in [7, 11) is 4.08. The molecule has 0 aliphatic carbocycles. The number of rotatable bonds is 6. The third kappa shape index (κ3) is 4.62. The van der Waals surface area contributed by atoms with Crippen LogP contribution in [0.15, 0.2) is 60.7 Å². The second-order valence-corrected chi connectivity index (χ2v) is 6.25. The quantitative estimate of drug-likeness (QED) is 0.574. The fourth-order valence-electron chi connectivity index (χ4n) is 2.74. The molecule has 5 heteroatoms. The third-order valence-corrected chi connectivity index (χ3v) is 4.04. The monoisotopic (exact) mass is 358 g/mol. The Bertz CT molecular complexity index is 828. The average Bonchev–Trinajstić information content (AvgIpc) is 2.94. The summed E-state index contributed by atoms with van der Waals surface area (Å²) in [5, 5.41) is 1.05. The van der Waals surface area contributed by atoms with Crippen LogP contribution in [0.4, 0.5) is 0 Å². The highest BCUT2D eigenvalue weighted by Crippen LogP contribution is 2.22. The zero-order chi connectivity index (χ0) is 16.9. The number of likely N-dealkylation sites (N-methyl/N-ethyl adjacent to an activating group) is 1. The molecule has 132 valence electrons. The fraction of sp³-hybridized carbons (Fsp3) is 0.250. The van der Waals surface area contributed by atoms with E-state index in [0.717, 1.165) is 23.0 Å². The van der Waals surface area contributed by atoms with Crippen LogP contribution in [-0.4, -0.2) is 37.8 Å². The maximum Gasteiger partial charge on any atom is 0.355 e. The predicted octanol–water partition coefficient (Wildman–Crippen LogP) is -1.01. The lowest BCUT2D eigenvalue weighted by Crippen LogP contribution is -3.06. The first-order chi connectivity index (χ1) is 11.6. The summed E-state index contributed by atoms with van der Waals surface area (Å²) in [6, 6.07) is 20.1. The maximum absolute atomic E-state index is 12.6. The Morgan fingerprint density at radius 3 is 2.44 bits per heavy atom. The summed E-state index contributed by atoms with van der Waals surface area (Å²) in [5.74, 6) is -0.261. The molecule has 0 aliphatic heterocycles. The fourth-order valence-corrected chi connectivity index (χ4v) is 2.74. The molecule has 2 aromatic carbocycles. The highest BCUT2D eigenvalue weighted by molar-refractivity contribution is 5.95. The summed E-state index contributed by atoms with van der Waals surface area (Å²) in [4.78, 5) is 13.8. The van der Waals surface area contributed by atoms with Crippen LogP contribution in [0.5, 0.6) is 0 Å². The van der Waals surface area contributed by atoms with Gasteiger partial charge in [-0.1, -0.05) is 48.5 Å². The smallest absolute Gasteiger partial charge is 0.355 e. The minimum absolute atomic E-state index is 0. The van der Waals surface area contributed by atoms with Gasteiger partial charge in [-0.2, -0.15) is 0 Å². The summed E-state index contributed by atoms with van der Waals surface area (Å²) in [6.07, 6.45) is 0. The number of benzene rings is 2. The van der Waals surface area contributed by atoms with Gasteiger partial charge in [-0.25, -0.2) is 4.79 Å². The minimum Gasteiger partial charge on any atom is -1.00 e. The molecule has 0 radical (unpaired) electrons. The Kier molecular flexibility index (Phi) is 6.62. The van der Waals surface area contributed by atoms with Crippen LogP contribution >= 0.6 is 0 Å². The molecule has 0 saturated carbocycles. The summed E-state index contributed by atoms with van der Waals surface area (Å²) >= 11 is 0. The zero-order valence-electron chi connectivity index (χ0n) is 14.5. The second kappa shape index (κ2) is 8.70. The molecule has 4 nitrogen and oxygen atoms in total. The number of aromatic nitrogens is 1. The van der Waals surface area contributed by atoms with Crippen molar-refractivity contribution < 1.29 is 26.8 Å². The number of carbonyl (C=O) groups excluding carboxylic acids is 1. The van der Waals surface area contributed by atoms with Crippen LogP contribution in [0.25, 0.3) is 10.9 Å². The summed E-state index contributed by atoms with van der Waals surface area (Å²) < 4.78 is 7.50. The standard InChI is InChI=1S/C20H22N2O2.ClH/c1-21(2)12-13-24-20(23)19-14-17-10-6-7-11-18(17)22(19)15-16-8-4-3-5-9-16;/h3-11,14H,12-13,15H2,1-2H3;1H. The van der Waals surface area contributed by atoms with Crippen molar-refractivity contribution >= 4 is 16.9 Å². The molecule has 25 heavy (non-hydrogen) atoms. The number of ether oxygens (including phenoxy) is 1. The Morgan fingerprint density at radius 1 is 1.04 bits per heavy atom. The van der Waals surface area contributed by atoms with Gasteiger partial charge in [-0.15, -0.1) is 0 Å². The molecule has 0 atom stereocenters. The van der Waals surface area contributed by atoms with Gasteiger partial charge in [0, 0.05) is 17.4 Å². The number of nitrogens with zero attached hydrogens (tertiary/aromatic N) is 1. The molecule has 0 amide bonds. The van der Waals surface area contributed by atoms with Gasteiger partial charge >= 0.3 is 5.97 Å². The van der Waals surface area contributed by atoms with E-state index >= 15 is 0 Å². The van der Waals surface area contributed by atoms with E-state index in [9.17, 15) is 4.79 Å². The van der Waals surface area contributed by atoms with Gasteiger partial charge in [0.25, 0.3) is 0 Å². The van der Waals surface area contributed by atoms with E-state index in [0.29, 0.717) is 18.8 Å². The molecule has 3 rings (SSSR count). The number of fused-ring (bicyclic) bond motifs is 1.